The largest absolute Gasteiger partial charge is 0.346 e. The zero-order valence-electron chi connectivity index (χ0n) is 22.0. The maximum absolute atomic E-state index is 13.3. The fraction of sp³-hybridized carbons (Fsp3) is 0.194. The van der Waals surface area contributed by atoms with Crippen LogP contribution in [0.4, 0.5) is 10.5 Å². The first-order chi connectivity index (χ1) is 19.5. The number of hydrogen-bond donors (Lipinski definition) is 3. The van der Waals surface area contributed by atoms with Crippen molar-refractivity contribution in [2.24, 2.45) is 0 Å². The summed E-state index contributed by atoms with van der Waals surface area (Å²) in [5.41, 5.74) is 4.80. The molecule has 1 aliphatic carbocycles. The van der Waals surface area contributed by atoms with Crippen LogP contribution < -0.4 is 16.0 Å². The summed E-state index contributed by atoms with van der Waals surface area (Å²) in [6.45, 7) is 2.35. The fourth-order valence-electron chi connectivity index (χ4n) is 4.60. The highest BCUT2D eigenvalue weighted by Crippen LogP contribution is 2.23. The van der Waals surface area contributed by atoms with E-state index in [9.17, 15) is 9.59 Å². The van der Waals surface area contributed by atoms with Crippen molar-refractivity contribution in [3.63, 3.8) is 0 Å². The number of amides is 3. The number of rotatable bonds is 8. The summed E-state index contributed by atoms with van der Waals surface area (Å²) in [6.07, 6.45) is 7.57. The van der Waals surface area contributed by atoms with E-state index in [1.165, 1.54) is 0 Å². The van der Waals surface area contributed by atoms with Crippen LogP contribution in [0.15, 0.2) is 91.4 Å². The number of fused-ring (bicyclic) bond motifs is 1. The van der Waals surface area contributed by atoms with E-state index in [2.05, 4.69) is 37.3 Å². The van der Waals surface area contributed by atoms with Crippen molar-refractivity contribution in [2.45, 2.75) is 38.4 Å². The third kappa shape index (κ3) is 5.83. The molecule has 2 heterocycles. The van der Waals surface area contributed by atoms with Crippen molar-refractivity contribution in [2.75, 3.05) is 5.32 Å². The van der Waals surface area contributed by atoms with Gasteiger partial charge in [-0.3, -0.25) is 9.78 Å². The van der Waals surface area contributed by atoms with E-state index < -0.39 is 0 Å². The number of carbonyl (C=O) groups excluding carboxylic acids is 2. The molecule has 1 atom stereocenters. The summed E-state index contributed by atoms with van der Waals surface area (Å²) < 4.78 is 1.74. The predicted molar refractivity (Wildman–Crippen MR) is 154 cm³/mol. The molecule has 1 unspecified atom stereocenters. The quantitative estimate of drug-likeness (QED) is 0.251. The molecule has 9 heteroatoms. The van der Waals surface area contributed by atoms with Gasteiger partial charge in [-0.2, -0.15) is 0 Å². The fourth-order valence-corrected chi connectivity index (χ4v) is 4.60. The second-order valence-corrected chi connectivity index (χ2v) is 10.1. The smallest absolute Gasteiger partial charge is 0.319 e. The van der Waals surface area contributed by atoms with Crippen LogP contribution in [0.25, 0.3) is 22.0 Å². The van der Waals surface area contributed by atoms with Crippen LogP contribution in [0.2, 0.25) is 0 Å². The topological polar surface area (TPSA) is 114 Å². The lowest BCUT2D eigenvalue weighted by atomic mass is 10.0. The van der Waals surface area contributed by atoms with E-state index in [0.717, 1.165) is 46.0 Å². The molecule has 9 nitrogen and oxygen atoms in total. The van der Waals surface area contributed by atoms with Gasteiger partial charge in [0.1, 0.15) is 5.69 Å². The maximum Gasteiger partial charge on any atom is 0.319 e. The normalized spacial score (nSPS) is 13.5. The van der Waals surface area contributed by atoms with Crippen molar-refractivity contribution in [3.8, 4) is 11.3 Å². The molecule has 2 aromatic heterocycles. The Balaban J connectivity index is 1.11. The van der Waals surface area contributed by atoms with Gasteiger partial charge in [0, 0.05) is 40.6 Å². The average Bonchev–Trinajstić information content (AvgIpc) is 3.66. The molecule has 40 heavy (non-hydrogen) atoms. The van der Waals surface area contributed by atoms with Crippen LogP contribution in [0.3, 0.4) is 0 Å². The van der Waals surface area contributed by atoms with Crippen molar-refractivity contribution in [3.05, 3.63) is 108 Å². The highest BCUT2D eigenvalue weighted by atomic mass is 16.2. The lowest BCUT2D eigenvalue weighted by Gasteiger charge is -2.17. The van der Waals surface area contributed by atoms with Gasteiger partial charge in [0.15, 0.2) is 0 Å². The van der Waals surface area contributed by atoms with Gasteiger partial charge < -0.3 is 16.0 Å². The molecule has 6 rings (SSSR count). The van der Waals surface area contributed by atoms with Crippen molar-refractivity contribution < 1.29 is 9.59 Å². The van der Waals surface area contributed by atoms with Crippen LogP contribution in [-0.4, -0.2) is 38.0 Å². The summed E-state index contributed by atoms with van der Waals surface area (Å²) in [7, 11) is 0. The molecule has 1 aliphatic rings. The van der Waals surface area contributed by atoms with E-state index in [-0.39, 0.29) is 18.0 Å². The Morgan fingerprint density at radius 2 is 1.82 bits per heavy atom. The van der Waals surface area contributed by atoms with E-state index in [0.29, 0.717) is 23.8 Å². The van der Waals surface area contributed by atoms with Gasteiger partial charge in [0.25, 0.3) is 5.91 Å². The molecule has 0 saturated heterocycles. The lowest BCUT2D eigenvalue weighted by molar-refractivity contribution is 0.0938. The number of carbonyl (C=O) groups is 2. The monoisotopic (exact) mass is 531 g/mol. The Labute approximate surface area is 231 Å². The van der Waals surface area contributed by atoms with Gasteiger partial charge in [-0.1, -0.05) is 47.7 Å². The molecule has 1 saturated carbocycles. The SMILES string of the molecule is CC(NC(=O)c1ccccc1Cn1cc(-c2ccc3cnccc3c2)nn1)c1ccc(NC(=O)NC2CC2)cc1. The Hall–Kier alpha value is -5.05. The summed E-state index contributed by atoms with van der Waals surface area (Å²) in [5.74, 6) is -0.169. The first kappa shape index (κ1) is 25.2. The summed E-state index contributed by atoms with van der Waals surface area (Å²) in [4.78, 5) is 29.4. The number of urea groups is 1. The number of pyridine rings is 1. The second-order valence-electron chi connectivity index (χ2n) is 10.1. The van der Waals surface area contributed by atoms with Gasteiger partial charge in [-0.05, 0) is 66.6 Å². The number of nitrogens with zero attached hydrogens (tertiary/aromatic N) is 4. The zero-order valence-corrected chi connectivity index (χ0v) is 22.0. The molecule has 0 radical (unpaired) electrons. The van der Waals surface area contributed by atoms with Gasteiger partial charge in [0.2, 0.25) is 0 Å². The van der Waals surface area contributed by atoms with Crippen molar-refractivity contribution in [1.82, 2.24) is 30.6 Å². The maximum atomic E-state index is 13.3. The Bertz CT molecular complexity index is 1680. The minimum Gasteiger partial charge on any atom is -0.346 e. The second kappa shape index (κ2) is 11.0. The van der Waals surface area contributed by atoms with Gasteiger partial charge >= 0.3 is 6.03 Å². The minimum atomic E-state index is -0.226. The molecule has 1 fully saturated rings. The van der Waals surface area contributed by atoms with E-state index in [1.807, 2.05) is 86.0 Å². The lowest BCUT2D eigenvalue weighted by Crippen LogP contribution is -2.30. The Kier molecular flexibility index (Phi) is 6.93. The first-order valence-electron chi connectivity index (χ1n) is 13.3. The van der Waals surface area contributed by atoms with Crippen molar-refractivity contribution >= 4 is 28.4 Å². The Morgan fingerprint density at radius 1 is 1.00 bits per heavy atom. The number of hydrogen-bond acceptors (Lipinski definition) is 5. The van der Waals surface area contributed by atoms with E-state index in [1.54, 1.807) is 10.9 Å². The molecule has 3 amide bonds. The van der Waals surface area contributed by atoms with Crippen LogP contribution in [0.1, 0.15) is 47.3 Å². The number of anilines is 1. The highest BCUT2D eigenvalue weighted by molar-refractivity contribution is 5.96. The first-order valence-corrected chi connectivity index (χ1v) is 13.3. The molecule has 0 spiro atoms. The molecule has 5 aromatic rings. The molecule has 200 valence electrons. The number of nitrogens with one attached hydrogen (secondary N) is 3. The van der Waals surface area contributed by atoms with Gasteiger partial charge in [0.05, 0.1) is 18.8 Å². The Morgan fingerprint density at radius 3 is 2.65 bits per heavy atom. The zero-order chi connectivity index (χ0) is 27.5. The molecule has 0 aliphatic heterocycles. The third-order valence-corrected chi connectivity index (χ3v) is 7.00. The third-order valence-electron chi connectivity index (χ3n) is 7.00. The molecular formula is C31H29N7O2. The van der Waals surface area contributed by atoms with Crippen molar-refractivity contribution in [1.29, 1.82) is 0 Å². The predicted octanol–water partition coefficient (Wildman–Crippen LogP) is 5.32. The summed E-state index contributed by atoms with van der Waals surface area (Å²) in [6, 6.07) is 23.0. The average molecular weight is 532 g/mol. The van der Waals surface area contributed by atoms with Gasteiger partial charge in [-0.25, -0.2) is 9.48 Å². The molecule has 3 aromatic carbocycles. The standard InChI is InChI=1S/C31H29N7O2/c1-20(21-8-10-26(11-9-21)34-31(40)35-27-12-13-27)33-30(39)28-5-3-2-4-25(28)18-38-19-29(36-37-38)23-6-7-24-17-32-15-14-22(24)16-23/h2-11,14-17,19-20,27H,12-13,18H2,1H3,(H,33,39)(H2,34,35,40). The summed E-state index contributed by atoms with van der Waals surface area (Å²) >= 11 is 0. The molecular weight excluding hydrogens is 502 g/mol. The van der Waals surface area contributed by atoms with Crippen LogP contribution >= 0.6 is 0 Å². The molecule has 0 bridgehead atoms. The molecule has 3 N–H and O–H groups in total. The highest BCUT2D eigenvalue weighted by Gasteiger charge is 2.23. The summed E-state index contributed by atoms with van der Waals surface area (Å²) in [5, 5.41) is 19.7. The van der Waals surface area contributed by atoms with E-state index in [4.69, 9.17) is 0 Å². The number of benzene rings is 3. The minimum absolute atomic E-state index is 0.169. The van der Waals surface area contributed by atoms with Crippen LogP contribution in [0, 0.1) is 0 Å². The number of aromatic nitrogens is 4. The van der Waals surface area contributed by atoms with E-state index >= 15 is 0 Å². The van der Waals surface area contributed by atoms with Gasteiger partial charge in [-0.15, -0.1) is 5.10 Å². The van der Waals surface area contributed by atoms with Crippen LogP contribution in [0.5, 0.6) is 0 Å². The van der Waals surface area contributed by atoms with Crippen LogP contribution in [-0.2, 0) is 6.54 Å².